The molecular weight excluding hydrogens is 224 g/mol. The highest BCUT2D eigenvalue weighted by molar-refractivity contribution is 6.31. The lowest BCUT2D eigenvalue weighted by Gasteiger charge is -2.05. The van der Waals surface area contributed by atoms with Crippen molar-refractivity contribution in [2.75, 3.05) is 0 Å². The average molecular weight is 228 g/mol. The topological polar surface area (TPSA) is 60.5 Å². The summed E-state index contributed by atoms with van der Waals surface area (Å²) in [4.78, 5) is 3.41. The zero-order valence-corrected chi connectivity index (χ0v) is 8.09. The van der Waals surface area contributed by atoms with Crippen molar-refractivity contribution in [1.29, 1.82) is 10.5 Å². The van der Waals surface area contributed by atoms with Gasteiger partial charge in [0, 0.05) is 5.56 Å². The number of pyridine rings is 1. The Morgan fingerprint density at radius 3 is 2.60 bits per heavy atom. The van der Waals surface area contributed by atoms with Crippen molar-refractivity contribution in [2.45, 2.75) is 12.8 Å². The van der Waals surface area contributed by atoms with Gasteiger partial charge < -0.3 is 0 Å². The quantitative estimate of drug-likeness (QED) is 0.780. The van der Waals surface area contributed by atoms with Crippen LogP contribution in [0.2, 0.25) is 5.02 Å². The van der Waals surface area contributed by atoms with E-state index in [2.05, 4.69) is 4.98 Å². The number of hydrogen-bond donors (Lipinski definition) is 0. The van der Waals surface area contributed by atoms with Crippen LogP contribution >= 0.6 is 11.6 Å². The van der Waals surface area contributed by atoms with E-state index in [1.54, 1.807) is 12.1 Å². The lowest BCUT2D eigenvalue weighted by Crippen LogP contribution is -1.99. The molecule has 0 spiro atoms. The Balaban J connectivity index is 3.32. The summed E-state index contributed by atoms with van der Waals surface area (Å²) in [5, 5.41) is 16.8. The number of aromatic nitrogens is 1. The molecule has 0 aliphatic carbocycles. The fourth-order valence-electron chi connectivity index (χ4n) is 1.01. The van der Waals surface area contributed by atoms with Gasteiger partial charge in [0.1, 0.15) is 17.5 Å². The Hall–Kier alpha value is -1.72. The Morgan fingerprint density at radius 1 is 1.47 bits per heavy atom. The van der Waals surface area contributed by atoms with Crippen LogP contribution in [0.15, 0.2) is 6.07 Å². The minimum absolute atomic E-state index is 0.0842. The standard InChI is InChI=1S/C9H4ClF2N3/c10-6-3-5(1-2-13)7(4-14)15-8(6)9(11)12/h3,9H,1H2. The molecule has 0 N–H and O–H groups in total. The predicted octanol–water partition coefficient (Wildman–Crippen LogP) is 2.61. The van der Waals surface area contributed by atoms with Crippen molar-refractivity contribution in [3.05, 3.63) is 28.0 Å². The molecule has 0 aliphatic heterocycles. The van der Waals surface area contributed by atoms with E-state index >= 15 is 0 Å². The molecule has 76 valence electrons. The fourth-order valence-corrected chi connectivity index (χ4v) is 1.27. The van der Waals surface area contributed by atoms with Gasteiger partial charge in [0.2, 0.25) is 0 Å². The van der Waals surface area contributed by atoms with E-state index < -0.39 is 12.1 Å². The summed E-state index contributed by atoms with van der Waals surface area (Å²) in [5.41, 5.74) is -0.555. The van der Waals surface area contributed by atoms with Crippen LogP contribution in [0.3, 0.4) is 0 Å². The molecule has 0 bridgehead atoms. The lowest BCUT2D eigenvalue weighted by atomic mass is 10.1. The van der Waals surface area contributed by atoms with Gasteiger partial charge in [-0.25, -0.2) is 13.8 Å². The summed E-state index contributed by atoms with van der Waals surface area (Å²) in [6.07, 6.45) is -2.92. The van der Waals surface area contributed by atoms with Crippen LogP contribution in [0.4, 0.5) is 8.78 Å². The van der Waals surface area contributed by atoms with Gasteiger partial charge in [0.25, 0.3) is 6.43 Å². The monoisotopic (exact) mass is 227 g/mol. The van der Waals surface area contributed by atoms with Crippen molar-refractivity contribution in [2.24, 2.45) is 0 Å². The predicted molar refractivity (Wildman–Crippen MR) is 48.2 cm³/mol. The minimum atomic E-state index is -2.83. The summed E-state index contributed by atoms with van der Waals surface area (Å²) >= 11 is 5.53. The molecule has 15 heavy (non-hydrogen) atoms. The molecule has 0 radical (unpaired) electrons. The van der Waals surface area contributed by atoms with Crippen molar-refractivity contribution < 1.29 is 8.78 Å². The van der Waals surface area contributed by atoms with Crippen molar-refractivity contribution in [3.8, 4) is 12.1 Å². The van der Waals surface area contributed by atoms with Crippen LogP contribution in [-0.2, 0) is 6.42 Å². The molecule has 0 fully saturated rings. The van der Waals surface area contributed by atoms with Gasteiger partial charge in [-0.05, 0) is 6.07 Å². The van der Waals surface area contributed by atoms with Crippen molar-refractivity contribution in [3.63, 3.8) is 0 Å². The third-order valence-electron chi connectivity index (χ3n) is 1.66. The number of halogens is 3. The van der Waals surface area contributed by atoms with E-state index in [-0.39, 0.29) is 22.7 Å². The highest BCUT2D eigenvalue weighted by Crippen LogP contribution is 2.27. The number of hydrogen-bond acceptors (Lipinski definition) is 3. The maximum atomic E-state index is 12.3. The summed E-state index contributed by atoms with van der Waals surface area (Å²) in [7, 11) is 0. The number of nitrogens with zero attached hydrogens (tertiary/aromatic N) is 3. The normalized spacial score (nSPS) is 9.73. The van der Waals surface area contributed by atoms with Crippen LogP contribution in [0.5, 0.6) is 0 Å². The van der Waals surface area contributed by atoms with Gasteiger partial charge in [-0.3, -0.25) is 0 Å². The van der Waals surface area contributed by atoms with E-state index in [1.807, 2.05) is 0 Å². The van der Waals surface area contributed by atoms with Crippen LogP contribution in [0.1, 0.15) is 23.4 Å². The first-order valence-electron chi connectivity index (χ1n) is 3.84. The molecule has 0 aliphatic rings. The molecule has 1 rings (SSSR count). The maximum Gasteiger partial charge on any atom is 0.281 e. The molecule has 1 heterocycles. The average Bonchev–Trinajstić information content (AvgIpc) is 2.18. The minimum Gasteiger partial charge on any atom is -0.234 e. The fraction of sp³-hybridized carbons (Fsp3) is 0.222. The third-order valence-corrected chi connectivity index (χ3v) is 1.97. The van der Waals surface area contributed by atoms with Crippen molar-refractivity contribution in [1.82, 2.24) is 4.98 Å². The number of alkyl halides is 2. The molecule has 1 aromatic heterocycles. The Morgan fingerprint density at radius 2 is 2.13 bits per heavy atom. The summed E-state index contributed by atoms with van der Waals surface area (Å²) in [6.45, 7) is 0. The highest BCUT2D eigenvalue weighted by atomic mass is 35.5. The second kappa shape index (κ2) is 4.68. The van der Waals surface area contributed by atoms with Gasteiger partial charge in [-0.1, -0.05) is 11.6 Å². The smallest absolute Gasteiger partial charge is 0.234 e. The van der Waals surface area contributed by atoms with Gasteiger partial charge in [-0.2, -0.15) is 10.5 Å². The van der Waals surface area contributed by atoms with Crippen molar-refractivity contribution >= 4 is 11.6 Å². The maximum absolute atomic E-state index is 12.3. The molecule has 0 aromatic carbocycles. The Labute approximate surface area is 89.5 Å². The van der Waals surface area contributed by atoms with Crippen LogP contribution in [0.25, 0.3) is 0 Å². The zero-order chi connectivity index (χ0) is 11.4. The molecule has 6 heteroatoms. The SMILES string of the molecule is N#CCc1cc(Cl)c(C(F)F)nc1C#N. The van der Waals surface area contributed by atoms with Crippen LogP contribution < -0.4 is 0 Å². The molecule has 0 saturated heterocycles. The van der Waals surface area contributed by atoms with Gasteiger partial charge >= 0.3 is 0 Å². The lowest BCUT2D eigenvalue weighted by molar-refractivity contribution is 0.146. The van der Waals surface area contributed by atoms with Crippen LogP contribution in [-0.4, -0.2) is 4.98 Å². The van der Waals surface area contributed by atoms with E-state index in [1.165, 1.54) is 6.07 Å². The van der Waals surface area contributed by atoms with Gasteiger partial charge in [0.05, 0.1) is 17.5 Å². The zero-order valence-electron chi connectivity index (χ0n) is 7.34. The number of rotatable bonds is 2. The summed E-state index contributed by atoms with van der Waals surface area (Å²) < 4.78 is 24.7. The first-order valence-corrected chi connectivity index (χ1v) is 4.22. The molecular formula is C9H4ClF2N3. The van der Waals surface area contributed by atoms with Gasteiger partial charge in [0.15, 0.2) is 0 Å². The third kappa shape index (κ3) is 2.39. The van der Waals surface area contributed by atoms with E-state index in [4.69, 9.17) is 22.1 Å². The molecule has 3 nitrogen and oxygen atoms in total. The molecule has 0 unspecified atom stereocenters. The second-order valence-electron chi connectivity index (χ2n) is 2.61. The van der Waals surface area contributed by atoms with Crippen LogP contribution in [0, 0.1) is 22.7 Å². The van der Waals surface area contributed by atoms with E-state index in [0.717, 1.165) is 0 Å². The molecule has 0 amide bonds. The second-order valence-corrected chi connectivity index (χ2v) is 3.02. The van der Waals surface area contributed by atoms with E-state index in [0.29, 0.717) is 0 Å². The van der Waals surface area contributed by atoms with Gasteiger partial charge in [-0.15, -0.1) is 0 Å². The Bertz CT molecular complexity index is 460. The Kier molecular flexibility index (Phi) is 3.54. The highest BCUT2D eigenvalue weighted by Gasteiger charge is 2.17. The largest absolute Gasteiger partial charge is 0.281 e. The molecule has 0 saturated carbocycles. The summed E-state index contributed by atoms with van der Waals surface area (Å²) in [6, 6.07) is 4.62. The first-order chi connectivity index (χ1) is 7.10. The van der Waals surface area contributed by atoms with E-state index in [9.17, 15) is 8.78 Å². The summed E-state index contributed by atoms with van der Waals surface area (Å²) in [5.74, 6) is 0. The number of nitriles is 2. The molecule has 1 aromatic rings. The first kappa shape index (κ1) is 11.4. The molecule has 0 atom stereocenters.